The molecule has 0 radical (unpaired) electrons. The van der Waals surface area contributed by atoms with Gasteiger partial charge in [0.1, 0.15) is 17.6 Å². The summed E-state index contributed by atoms with van der Waals surface area (Å²) >= 11 is 4.68. The number of halogens is 1. The predicted molar refractivity (Wildman–Crippen MR) is 121 cm³/mol. The summed E-state index contributed by atoms with van der Waals surface area (Å²) in [4.78, 5) is 31.7. The van der Waals surface area contributed by atoms with Gasteiger partial charge < -0.3 is 9.84 Å². The molecule has 5 rings (SSSR count). The van der Waals surface area contributed by atoms with Crippen LogP contribution in [-0.2, 0) is 16.0 Å². The van der Waals surface area contributed by atoms with Crippen molar-refractivity contribution in [1.29, 1.82) is 0 Å². The van der Waals surface area contributed by atoms with Crippen molar-refractivity contribution < 1.29 is 19.4 Å². The Hall–Kier alpha value is -2.97. The second kappa shape index (κ2) is 7.62. The number of aliphatic hydroxyl groups excluding tert-OH is 1. The SMILES string of the molecule is CC1Cc2cc(C(O)=C3C(=O)C(=O)N(c4nccs4)C3c3ccc(Br)cc3)ccc2O1. The Bertz CT molecular complexity index is 1220. The summed E-state index contributed by atoms with van der Waals surface area (Å²) < 4.78 is 6.61. The van der Waals surface area contributed by atoms with Crippen molar-refractivity contribution in [3.63, 3.8) is 0 Å². The van der Waals surface area contributed by atoms with Crippen LogP contribution < -0.4 is 9.64 Å². The van der Waals surface area contributed by atoms with Crippen LogP contribution in [0, 0.1) is 0 Å². The minimum Gasteiger partial charge on any atom is -0.507 e. The van der Waals surface area contributed by atoms with E-state index in [1.165, 1.54) is 16.2 Å². The van der Waals surface area contributed by atoms with Gasteiger partial charge in [-0.25, -0.2) is 4.98 Å². The van der Waals surface area contributed by atoms with E-state index in [0.717, 1.165) is 22.2 Å². The molecule has 1 saturated heterocycles. The van der Waals surface area contributed by atoms with Crippen LogP contribution in [0.5, 0.6) is 5.75 Å². The highest BCUT2D eigenvalue weighted by Gasteiger charge is 2.48. The van der Waals surface area contributed by atoms with E-state index in [-0.39, 0.29) is 17.4 Å². The lowest BCUT2D eigenvalue weighted by Crippen LogP contribution is -2.29. The number of rotatable bonds is 3. The van der Waals surface area contributed by atoms with Gasteiger partial charge in [0.2, 0.25) is 0 Å². The van der Waals surface area contributed by atoms with E-state index in [0.29, 0.717) is 16.3 Å². The van der Waals surface area contributed by atoms with Crippen molar-refractivity contribution >= 4 is 49.8 Å². The van der Waals surface area contributed by atoms with Gasteiger partial charge >= 0.3 is 5.91 Å². The molecule has 156 valence electrons. The summed E-state index contributed by atoms with van der Waals surface area (Å²) in [6, 6.07) is 11.9. The van der Waals surface area contributed by atoms with Crippen LogP contribution in [-0.4, -0.2) is 27.9 Å². The number of thiazole rings is 1. The molecule has 3 aromatic rings. The first kappa shape index (κ1) is 20.0. The fourth-order valence-electron chi connectivity index (χ4n) is 4.05. The van der Waals surface area contributed by atoms with Crippen LogP contribution in [0.2, 0.25) is 0 Å². The Labute approximate surface area is 190 Å². The van der Waals surface area contributed by atoms with Crippen molar-refractivity contribution in [2.24, 2.45) is 0 Å². The number of Topliss-reactive ketones (excluding diaryl/α,β-unsaturated/α-hetero) is 1. The van der Waals surface area contributed by atoms with Crippen LogP contribution in [0.1, 0.15) is 29.7 Å². The molecule has 0 spiro atoms. The molecule has 6 nitrogen and oxygen atoms in total. The zero-order chi connectivity index (χ0) is 21.7. The van der Waals surface area contributed by atoms with Gasteiger partial charge in [-0.05, 0) is 48.4 Å². The predicted octanol–water partition coefficient (Wildman–Crippen LogP) is 4.86. The molecule has 2 aliphatic rings. The first-order valence-electron chi connectivity index (χ1n) is 9.70. The molecule has 1 aromatic heterocycles. The van der Waals surface area contributed by atoms with Crippen molar-refractivity contribution in [2.75, 3.05) is 4.90 Å². The number of carbonyl (C=O) groups is 2. The maximum atomic E-state index is 13.1. The van der Waals surface area contributed by atoms with Gasteiger partial charge in [-0.2, -0.15) is 0 Å². The van der Waals surface area contributed by atoms with E-state index < -0.39 is 17.7 Å². The maximum absolute atomic E-state index is 13.1. The number of hydrogen-bond acceptors (Lipinski definition) is 6. The van der Waals surface area contributed by atoms with Crippen LogP contribution in [0.25, 0.3) is 5.76 Å². The number of amides is 1. The lowest BCUT2D eigenvalue weighted by atomic mass is 9.94. The van der Waals surface area contributed by atoms with Crippen LogP contribution in [0.4, 0.5) is 5.13 Å². The summed E-state index contributed by atoms with van der Waals surface area (Å²) in [7, 11) is 0. The molecule has 0 bridgehead atoms. The number of aromatic nitrogens is 1. The van der Waals surface area contributed by atoms with Crippen LogP contribution in [0.3, 0.4) is 0 Å². The molecule has 0 saturated carbocycles. The van der Waals surface area contributed by atoms with Crippen molar-refractivity contribution in [3.05, 3.63) is 80.8 Å². The van der Waals surface area contributed by atoms with Gasteiger partial charge in [0, 0.05) is 28.0 Å². The molecule has 2 aromatic carbocycles. The van der Waals surface area contributed by atoms with E-state index in [4.69, 9.17) is 4.74 Å². The Balaban J connectivity index is 1.68. The average Bonchev–Trinajstić information content (AvgIpc) is 3.46. The van der Waals surface area contributed by atoms with Crippen molar-refractivity contribution in [3.8, 4) is 5.75 Å². The maximum Gasteiger partial charge on any atom is 0.301 e. The Morgan fingerprint density at radius 1 is 1.23 bits per heavy atom. The highest BCUT2D eigenvalue weighted by Crippen LogP contribution is 2.43. The van der Waals surface area contributed by atoms with Gasteiger partial charge in [0.15, 0.2) is 5.13 Å². The Morgan fingerprint density at radius 2 is 2.00 bits per heavy atom. The van der Waals surface area contributed by atoms with Gasteiger partial charge in [-0.1, -0.05) is 28.1 Å². The van der Waals surface area contributed by atoms with Crippen LogP contribution >= 0.6 is 27.3 Å². The standard InChI is InChI=1S/C23H17BrN2O4S/c1-12-10-15-11-14(4-7-17(15)30-12)20(27)18-19(13-2-5-16(24)6-3-13)26(22(29)21(18)28)23-25-8-9-31-23/h2-9,11-12,19,27H,10H2,1H3. The fourth-order valence-corrected chi connectivity index (χ4v) is 4.98. The summed E-state index contributed by atoms with van der Waals surface area (Å²) in [5.41, 5.74) is 2.20. The van der Waals surface area contributed by atoms with Gasteiger partial charge in [0.25, 0.3) is 5.78 Å². The normalized spacial score (nSPS) is 21.9. The number of carbonyl (C=O) groups excluding carboxylic acids is 2. The zero-order valence-electron chi connectivity index (χ0n) is 16.4. The number of hydrogen-bond donors (Lipinski definition) is 1. The molecule has 8 heteroatoms. The molecular formula is C23H17BrN2O4S. The van der Waals surface area contributed by atoms with E-state index >= 15 is 0 Å². The smallest absolute Gasteiger partial charge is 0.301 e. The number of benzene rings is 2. The van der Waals surface area contributed by atoms with Crippen molar-refractivity contribution in [1.82, 2.24) is 4.98 Å². The van der Waals surface area contributed by atoms with Crippen LogP contribution in [0.15, 0.2) is 64.1 Å². The second-order valence-corrected chi connectivity index (χ2v) is 9.28. The lowest BCUT2D eigenvalue weighted by molar-refractivity contribution is -0.132. The van der Waals surface area contributed by atoms with Gasteiger partial charge in [0.05, 0.1) is 11.6 Å². The molecule has 31 heavy (non-hydrogen) atoms. The number of aliphatic hydroxyl groups is 1. The second-order valence-electron chi connectivity index (χ2n) is 7.49. The monoisotopic (exact) mass is 496 g/mol. The molecule has 1 N–H and O–H groups in total. The number of fused-ring (bicyclic) bond motifs is 1. The zero-order valence-corrected chi connectivity index (χ0v) is 18.8. The molecule has 2 unspecified atom stereocenters. The first-order chi connectivity index (χ1) is 14.9. The lowest BCUT2D eigenvalue weighted by Gasteiger charge is -2.23. The van der Waals surface area contributed by atoms with Crippen molar-refractivity contribution in [2.45, 2.75) is 25.5 Å². The van der Waals surface area contributed by atoms with E-state index in [2.05, 4.69) is 20.9 Å². The summed E-state index contributed by atoms with van der Waals surface area (Å²) in [6.45, 7) is 1.98. The number of ketones is 1. The third-order valence-corrected chi connectivity index (χ3v) is 6.72. The summed E-state index contributed by atoms with van der Waals surface area (Å²) in [5, 5.41) is 13.4. The third kappa shape index (κ3) is 3.36. The molecule has 2 aliphatic heterocycles. The highest BCUT2D eigenvalue weighted by atomic mass is 79.9. The minimum atomic E-state index is -0.775. The number of nitrogens with zero attached hydrogens (tertiary/aromatic N) is 2. The Morgan fingerprint density at radius 3 is 2.71 bits per heavy atom. The summed E-state index contributed by atoms with van der Waals surface area (Å²) in [6.07, 6.45) is 2.37. The summed E-state index contributed by atoms with van der Waals surface area (Å²) in [5.74, 6) is -0.863. The number of anilines is 1. The van der Waals surface area contributed by atoms with Gasteiger partial charge in [-0.3, -0.25) is 14.5 Å². The first-order valence-corrected chi connectivity index (χ1v) is 11.4. The Kier molecular flexibility index (Phi) is 4.91. The average molecular weight is 497 g/mol. The van der Waals surface area contributed by atoms with E-state index in [9.17, 15) is 14.7 Å². The molecule has 3 heterocycles. The molecular weight excluding hydrogens is 480 g/mol. The third-order valence-electron chi connectivity index (χ3n) is 5.42. The fraction of sp³-hybridized carbons (Fsp3) is 0.174. The highest BCUT2D eigenvalue weighted by molar-refractivity contribution is 9.10. The quantitative estimate of drug-likeness (QED) is 0.318. The van der Waals surface area contributed by atoms with Gasteiger partial charge in [-0.15, -0.1) is 11.3 Å². The topological polar surface area (TPSA) is 79.7 Å². The minimum absolute atomic E-state index is 0.0504. The molecule has 1 fully saturated rings. The molecule has 0 aliphatic carbocycles. The number of ether oxygens (including phenoxy) is 1. The van der Waals surface area contributed by atoms with E-state index in [1.54, 1.807) is 23.7 Å². The molecule has 2 atom stereocenters. The molecule has 1 amide bonds. The largest absolute Gasteiger partial charge is 0.507 e. The van der Waals surface area contributed by atoms with E-state index in [1.807, 2.05) is 37.3 Å².